The summed E-state index contributed by atoms with van der Waals surface area (Å²) in [4.78, 5) is 33.5. The Labute approximate surface area is 190 Å². The number of carbonyl (C=O) groups excluding carboxylic acids is 2. The maximum absolute atomic E-state index is 12.6. The Morgan fingerprint density at radius 2 is 1.84 bits per heavy atom. The van der Waals surface area contributed by atoms with Crippen LogP contribution in [0.15, 0.2) is 29.3 Å². The Hall–Kier alpha value is -2.28. The Bertz CT molecular complexity index is 771. The first-order valence-electron chi connectivity index (χ1n) is 11.4. The fraction of sp³-hybridized carbons (Fsp3) is 0.609. The standard InChI is InChI=1S/C23H34ClN5O2/c1-2-25-23(26-11-10-21(30)27-20-8-3-4-9-20)29-14-12-28(13-15-29)22(31)17-18-6-5-7-19(24)16-18/h5-7,16,20H,2-4,8-15,17H2,1H3,(H,25,26)(H,27,30). The highest BCUT2D eigenvalue weighted by molar-refractivity contribution is 6.30. The smallest absolute Gasteiger partial charge is 0.227 e. The lowest BCUT2D eigenvalue weighted by molar-refractivity contribution is -0.131. The largest absolute Gasteiger partial charge is 0.357 e. The molecule has 31 heavy (non-hydrogen) atoms. The summed E-state index contributed by atoms with van der Waals surface area (Å²) in [5.74, 6) is 1.02. The van der Waals surface area contributed by atoms with Crippen LogP contribution in [0, 0.1) is 0 Å². The predicted molar refractivity (Wildman–Crippen MR) is 124 cm³/mol. The van der Waals surface area contributed by atoms with Gasteiger partial charge in [0.25, 0.3) is 0 Å². The lowest BCUT2D eigenvalue weighted by Crippen LogP contribution is -2.54. The molecule has 1 saturated heterocycles. The number of benzene rings is 1. The van der Waals surface area contributed by atoms with Gasteiger partial charge in [0.05, 0.1) is 13.0 Å². The van der Waals surface area contributed by atoms with Crippen LogP contribution in [0.25, 0.3) is 0 Å². The van der Waals surface area contributed by atoms with Crippen LogP contribution in [0.4, 0.5) is 0 Å². The van der Waals surface area contributed by atoms with E-state index in [2.05, 4.69) is 20.5 Å². The molecule has 0 bridgehead atoms. The molecule has 1 saturated carbocycles. The molecule has 1 aliphatic heterocycles. The first-order chi connectivity index (χ1) is 15.0. The zero-order valence-corrected chi connectivity index (χ0v) is 19.2. The fourth-order valence-electron chi connectivity index (χ4n) is 4.16. The number of nitrogens with zero attached hydrogens (tertiary/aromatic N) is 3. The highest BCUT2D eigenvalue weighted by Crippen LogP contribution is 2.17. The molecule has 3 rings (SSSR count). The zero-order valence-electron chi connectivity index (χ0n) is 18.4. The highest BCUT2D eigenvalue weighted by atomic mass is 35.5. The third-order valence-electron chi connectivity index (χ3n) is 5.83. The van der Waals surface area contributed by atoms with Gasteiger partial charge in [-0.2, -0.15) is 0 Å². The molecule has 8 heteroatoms. The Kier molecular flexibility index (Phi) is 9.00. The molecule has 2 N–H and O–H groups in total. The summed E-state index contributed by atoms with van der Waals surface area (Å²) in [5.41, 5.74) is 0.936. The number of rotatable bonds is 7. The van der Waals surface area contributed by atoms with Gasteiger partial charge in [0, 0.05) is 50.2 Å². The summed E-state index contributed by atoms with van der Waals surface area (Å²) in [5, 5.41) is 7.08. The van der Waals surface area contributed by atoms with Gasteiger partial charge in [0.2, 0.25) is 11.8 Å². The normalized spacial score (nSPS) is 17.7. The summed E-state index contributed by atoms with van der Waals surface area (Å²) < 4.78 is 0. The minimum absolute atomic E-state index is 0.0860. The van der Waals surface area contributed by atoms with E-state index in [4.69, 9.17) is 11.6 Å². The molecular formula is C23H34ClN5O2. The number of hydrogen-bond acceptors (Lipinski definition) is 3. The number of nitrogens with one attached hydrogen (secondary N) is 2. The molecule has 7 nitrogen and oxygen atoms in total. The van der Waals surface area contributed by atoms with E-state index >= 15 is 0 Å². The van der Waals surface area contributed by atoms with E-state index in [1.165, 1.54) is 12.8 Å². The van der Waals surface area contributed by atoms with Gasteiger partial charge in [-0.05, 0) is 37.5 Å². The molecule has 170 valence electrons. The number of aliphatic imine (C=N–C) groups is 1. The van der Waals surface area contributed by atoms with Gasteiger partial charge in [-0.3, -0.25) is 14.6 Å². The molecule has 0 radical (unpaired) electrons. The first-order valence-corrected chi connectivity index (χ1v) is 11.8. The maximum atomic E-state index is 12.6. The van der Waals surface area contributed by atoms with E-state index in [1.54, 1.807) is 0 Å². The van der Waals surface area contributed by atoms with Gasteiger partial charge in [-0.25, -0.2) is 0 Å². The number of hydrogen-bond donors (Lipinski definition) is 2. The number of guanidine groups is 1. The number of amides is 2. The van der Waals surface area contributed by atoms with Crippen molar-refractivity contribution in [3.63, 3.8) is 0 Å². The molecule has 1 aromatic rings. The van der Waals surface area contributed by atoms with Crippen molar-refractivity contribution in [2.24, 2.45) is 4.99 Å². The van der Waals surface area contributed by atoms with Gasteiger partial charge in [0.15, 0.2) is 5.96 Å². The van der Waals surface area contributed by atoms with E-state index in [0.29, 0.717) is 43.5 Å². The summed E-state index contributed by atoms with van der Waals surface area (Å²) in [6, 6.07) is 7.81. The minimum Gasteiger partial charge on any atom is -0.357 e. The predicted octanol–water partition coefficient (Wildman–Crippen LogP) is 2.44. The second kappa shape index (κ2) is 11.9. The molecule has 0 aromatic heterocycles. The lowest BCUT2D eigenvalue weighted by atomic mass is 10.1. The Balaban J connectivity index is 1.45. The van der Waals surface area contributed by atoms with E-state index in [1.807, 2.05) is 36.1 Å². The van der Waals surface area contributed by atoms with E-state index < -0.39 is 0 Å². The van der Waals surface area contributed by atoms with Crippen molar-refractivity contribution in [3.8, 4) is 0 Å². The van der Waals surface area contributed by atoms with Crippen molar-refractivity contribution in [2.75, 3.05) is 39.3 Å². The Morgan fingerprint density at radius 1 is 1.13 bits per heavy atom. The van der Waals surface area contributed by atoms with Crippen molar-refractivity contribution in [3.05, 3.63) is 34.9 Å². The van der Waals surface area contributed by atoms with Crippen LogP contribution in [-0.2, 0) is 16.0 Å². The molecule has 1 heterocycles. The topological polar surface area (TPSA) is 77.0 Å². The van der Waals surface area contributed by atoms with Crippen LogP contribution < -0.4 is 10.6 Å². The van der Waals surface area contributed by atoms with Crippen LogP contribution in [0.2, 0.25) is 5.02 Å². The molecular weight excluding hydrogens is 414 g/mol. The SMILES string of the molecule is CCNC(=NCCC(=O)NC1CCCC1)N1CCN(C(=O)Cc2cccc(Cl)c2)CC1. The van der Waals surface area contributed by atoms with Gasteiger partial charge in [-0.15, -0.1) is 0 Å². The fourth-order valence-corrected chi connectivity index (χ4v) is 4.37. The average molecular weight is 448 g/mol. The van der Waals surface area contributed by atoms with Crippen molar-refractivity contribution in [1.82, 2.24) is 20.4 Å². The molecule has 0 unspecified atom stereocenters. The van der Waals surface area contributed by atoms with Gasteiger partial charge in [0.1, 0.15) is 0 Å². The summed E-state index contributed by atoms with van der Waals surface area (Å²) in [7, 11) is 0. The van der Waals surface area contributed by atoms with E-state index in [9.17, 15) is 9.59 Å². The number of carbonyl (C=O) groups is 2. The third kappa shape index (κ3) is 7.42. The van der Waals surface area contributed by atoms with Crippen molar-refractivity contribution >= 4 is 29.4 Å². The zero-order chi connectivity index (χ0) is 22.1. The molecule has 2 fully saturated rings. The molecule has 2 amide bonds. The summed E-state index contributed by atoms with van der Waals surface area (Å²) in [6.07, 6.45) is 5.38. The van der Waals surface area contributed by atoms with Crippen molar-refractivity contribution < 1.29 is 9.59 Å². The summed E-state index contributed by atoms with van der Waals surface area (Å²) in [6.45, 7) is 6.03. The van der Waals surface area contributed by atoms with Crippen molar-refractivity contribution in [1.29, 1.82) is 0 Å². The van der Waals surface area contributed by atoms with Crippen molar-refractivity contribution in [2.45, 2.75) is 51.5 Å². The van der Waals surface area contributed by atoms with Crippen LogP contribution in [0.1, 0.15) is 44.6 Å². The van der Waals surface area contributed by atoms with Crippen LogP contribution in [0.3, 0.4) is 0 Å². The molecule has 0 spiro atoms. The number of piperazine rings is 1. The second-order valence-electron chi connectivity index (χ2n) is 8.21. The van der Waals surface area contributed by atoms with Crippen LogP contribution in [0.5, 0.6) is 0 Å². The van der Waals surface area contributed by atoms with E-state index in [0.717, 1.165) is 44.0 Å². The monoisotopic (exact) mass is 447 g/mol. The Morgan fingerprint density at radius 3 is 2.52 bits per heavy atom. The third-order valence-corrected chi connectivity index (χ3v) is 6.07. The first kappa shape index (κ1) is 23.4. The van der Waals surface area contributed by atoms with Gasteiger partial charge in [-0.1, -0.05) is 36.6 Å². The molecule has 2 aliphatic rings. The molecule has 1 aliphatic carbocycles. The average Bonchev–Trinajstić information content (AvgIpc) is 3.26. The maximum Gasteiger partial charge on any atom is 0.227 e. The lowest BCUT2D eigenvalue weighted by Gasteiger charge is -2.36. The van der Waals surface area contributed by atoms with Gasteiger partial charge < -0.3 is 20.4 Å². The minimum atomic E-state index is 0.0860. The van der Waals surface area contributed by atoms with Crippen LogP contribution >= 0.6 is 11.6 Å². The molecule has 0 atom stereocenters. The molecule has 1 aromatic carbocycles. The second-order valence-corrected chi connectivity index (χ2v) is 8.65. The van der Waals surface area contributed by atoms with Gasteiger partial charge >= 0.3 is 0 Å². The number of halogens is 1. The quantitative estimate of drug-likeness (QED) is 0.497. The van der Waals surface area contributed by atoms with Crippen LogP contribution in [-0.4, -0.2) is 72.9 Å². The van der Waals surface area contributed by atoms with E-state index in [-0.39, 0.29) is 11.8 Å². The highest BCUT2D eigenvalue weighted by Gasteiger charge is 2.23. The summed E-state index contributed by atoms with van der Waals surface area (Å²) >= 11 is 6.02.